The van der Waals surface area contributed by atoms with Gasteiger partial charge >= 0.3 is 0 Å². The number of piperidine rings is 1. The Hall–Kier alpha value is -2.37. The molecule has 148 valence electrons. The second kappa shape index (κ2) is 8.33. The van der Waals surface area contributed by atoms with Crippen LogP contribution in [0, 0.1) is 5.92 Å². The molecular formula is C23H29N3O2. The predicted molar refractivity (Wildman–Crippen MR) is 110 cm³/mol. The molecule has 2 atom stereocenters. The number of carbonyl (C=O) groups is 1. The summed E-state index contributed by atoms with van der Waals surface area (Å²) in [7, 11) is 1.71. The summed E-state index contributed by atoms with van der Waals surface area (Å²) >= 11 is 0. The molecule has 3 aliphatic heterocycles. The third-order valence-corrected chi connectivity index (χ3v) is 6.09. The Morgan fingerprint density at radius 3 is 2.32 bits per heavy atom. The number of carbonyl (C=O) groups excluding carboxylic acids is 1. The molecule has 3 saturated heterocycles. The fourth-order valence-corrected chi connectivity index (χ4v) is 4.60. The van der Waals surface area contributed by atoms with Crippen molar-refractivity contribution in [3.8, 4) is 5.75 Å². The molecule has 5 rings (SSSR count). The molecule has 0 aromatic heterocycles. The third-order valence-electron chi connectivity index (χ3n) is 6.09. The van der Waals surface area contributed by atoms with Gasteiger partial charge in [-0.1, -0.05) is 24.3 Å². The van der Waals surface area contributed by atoms with Crippen molar-refractivity contribution >= 4 is 5.91 Å². The molecule has 0 spiro atoms. The van der Waals surface area contributed by atoms with Crippen LogP contribution in [0.2, 0.25) is 0 Å². The van der Waals surface area contributed by atoms with Gasteiger partial charge in [-0.05, 0) is 54.2 Å². The summed E-state index contributed by atoms with van der Waals surface area (Å²) in [6.07, 6.45) is 2.59. The Morgan fingerprint density at radius 2 is 1.64 bits per heavy atom. The predicted octanol–water partition coefficient (Wildman–Crippen LogP) is 2.89. The Kier molecular flexibility index (Phi) is 5.64. The number of benzene rings is 2. The third kappa shape index (κ3) is 4.37. The van der Waals surface area contributed by atoms with E-state index in [0.29, 0.717) is 11.6 Å². The van der Waals surface area contributed by atoms with Crippen LogP contribution < -0.4 is 10.5 Å². The van der Waals surface area contributed by atoms with Crippen LogP contribution in [-0.4, -0.2) is 48.5 Å². The number of nitrogens with two attached hydrogens (primary N) is 1. The summed E-state index contributed by atoms with van der Waals surface area (Å²) in [6.45, 7) is 5.37. The van der Waals surface area contributed by atoms with E-state index < -0.39 is 0 Å². The minimum atomic E-state index is -0.366. The standard InChI is InChI=1S/C23H29N3O2/c1-28-22-10-5-17(6-11-22)12-25-13-19-4-9-21(16-25)26(15-19)14-18-2-7-20(8-3-18)23(24)27/h2-3,5-8,10-11,19,21H,4,9,12-16H2,1H3,(H2,24,27)/t19-,21+/m1/s1. The Bertz CT molecular complexity index is 804. The largest absolute Gasteiger partial charge is 0.497 e. The van der Waals surface area contributed by atoms with Crippen molar-refractivity contribution in [2.45, 2.75) is 32.0 Å². The molecule has 3 heterocycles. The summed E-state index contributed by atoms with van der Waals surface area (Å²) in [5.74, 6) is 1.27. The maximum Gasteiger partial charge on any atom is 0.248 e. The van der Waals surface area contributed by atoms with Crippen LogP contribution in [0.25, 0.3) is 0 Å². The number of hydrogen-bond acceptors (Lipinski definition) is 4. The lowest BCUT2D eigenvalue weighted by molar-refractivity contribution is 0.1000. The number of nitrogens with zero attached hydrogens (tertiary/aromatic N) is 2. The first-order valence-electron chi connectivity index (χ1n) is 10.1. The van der Waals surface area contributed by atoms with E-state index in [1.807, 2.05) is 36.4 Å². The van der Waals surface area contributed by atoms with E-state index in [2.05, 4.69) is 21.9 Å². The first-order valence-corrected chi connectivity index (χ1v) is 10.1. The molecule has 0 saturated carbocycles. The van der Waals surface area contributed by atoms with E-state index in [1.54, 1.807) is 7.11 Å². The fraction of sp³-hybridized carbons (Fsp3) is 0.435. The summed E-state index contributed by atoms with van der Waals surface area (Å²) < 4.78 is 5.27. The molecule has 3 fully saturated rings. The highest BCUT2D eigenvalue weighted by atomic mass is 16.5. The van der Waals surface area contributed by atoms with Gasteiger partial charge in [0.1, 0.15) is 5.75 Å². The second-order valence-electron chi connectivity index (χ2n) is 8.13. The van der Waals surface area contributed by atoms with Gasteiger partial charge in [-0.25, -0.2) is 0 Å². The smallest absolute Gasteiger partial charge is 0.248 e. The normalized spacial score (nSPS) is 22.8. The summed E-state index contributed by atoms with van der Waals surface area (Å²) in [6, 6.07) is 16.8. The summed E-state index contributed by atoms with van der Waals surface area (Å²) in [4.78, 5) is 16.5. The zero-order valence-electron chi connectivity index (χ0n) is 16.5. The van der Waals surface area contributed by atoms with Crippen LogP contribution in [0.1, 0.15) is 34.3 Å². The van der Waals surface area contributed by atoms with E-state index in [-0.39, 0.29) is 5.91 Å². The maximum atomic E-state index is 11.3. The summed E-state index contributed by atoms with van der Waals surface area (Å²) in [5, 5.41) is 0. The van der Waals surface area contributed by atoms with Gasteiger partial charge < -0.3 is 10.5 Å². The fourth-order valence-electron chi connectivity index (χ4n) is 4.60. The quantitative estimate of drug-likeness (QED) is 0.838. The Balaban J connectivity index is 1.40. The zero-order valence-corrected chi connectivity index (χ0v) is 16.5. The number of methoxy groups -OCH3 is 1. The number of amides is 1. The van der Waals surface area contributed by atoms with Crippen molar-refractivity contribution in [2.24, 2.45) is 11.7 Å². The number of rotatable bonds is 6. The number of primary amides is 1. The van der Waals surface area contributed by atoms with E-state index in [9.17, 15) is 4.79 Å². The van der Waals surface area contributed by atoms with Crippen molar-refractivity contribution in [3.63, 3.8) is 0 Å². The number of hydrogen-bond donors (Lipinski definition) is 1. The molecule has 3 aliphatic rings. The monoisotopic (exact) mass is 379 g/mol. The maximum absolute atomic E-state index is 11.3. The van der Waals surface area contributed by atoms with Gasteiger partial charge in [0.05, 0.1) is 7.11 Å². The number of fused-ring (bicyclic) bond motifs is 4. The molecule has 2 aromatic carbocycles. The number of ether oxygens (including phenoxy) is 1. The molecule has 0 unspecified atom stereocenters. The van der Waals surface area contributed by atoms with Crippen molar-refractivity contribution in [1.82, 2.24) is 9.80 Å². The highest BCUT2D eigenvalue weighted by Crippen LogP contribution is 2.30. The van der Waals surface area contributed by atoms with E-state index in [0.717, 1.165) is 37.8 Å². The lowest BCUT2D eigenvalue weighted by Gasteiger charge is -2.36. The molecule has 5 heteroatoms. The van der Waals surface area contributed by atoms with Gasteiger partial charge in [0, 0.05) is 44.3 Å². The highest BCUT2D eigenvalue weighted by molar-refractivity contribution is 5.92. The molecule has 2 bridgehead atoms. The molecule has 28 heavy (non-hydrogen) atoms. The van der Waals surface area contributed by atoms with Crippen LogP contribution >= 0.6 is 0 Å². The van der Waals surface area contributed by atoms with Crippen LogP contribution in [0.5, 0.6) is 5.75 Å². The van der Waals surface area contributed by atoms with E-state index >= 15 is 0 Å². The molecular weight excluding hydrogens is 350 g/mol. The Morgan fingerprint density at radius 1 is 0.964 bits per heavy atom. The topological polar surface area (TPSA) is 58.8 Å². The van der Waals surface area contributed by atoms with Crippen molar-refractivity contribution in [1.29, 1.82) is 0 Å². The van der Waals surface area contributed by atoms with Crippen molar-refractivity contribution < 1.29 is 9.53 Å². The first kappa shape index (κ1) is 19.0. The van der Waals surface area contributed by atoms with Crippen molar-refractivity contribution in [3.05, 3.63) is 65.2 Å². The average Bonchev–Trinajstić information content (AvgIpc) is 2.99. The van der Waals surface area contributed by atoms with Gasteiger partial charge in [0.2, 0.25) is 5.91 Å². The molecule has 0 aliphatic carbocycles. The molecule has 5 nitrogen and oxygen atoms in total. The van der Waals surface area contributed by atoms with Gasteiger partial charge in [0.15, 0.2) is 0 Å². The molecule has 2 N–H and O–H groups in total. The minimum Gasteiger partial charge on any atom is -0.497 e. The van der Waals surface area contributed by atoms with Crippen LogP contribution in [-0.2, 0) is 13.1 Å². The van der Waals surface area contributed by atoms with E-state index in [1.165, 1.54) is 30.5 Å². The van der Waals surface area contributed by atoms with Crippen LogP contribution in [0.4, 0.5) is 0 Å². The molecule has 2 aromatic rings. The second-order valence-corrected chi connectivity index (χ2v) is 8.13. The van der Waals surface area contributed by atoms with Gasteiger partial charge in [0.25, 0.3) is 0 Å². The first-order chi connectivity index (χ1) is 13.6. The zero-order chi connectivity index (χ0) is 19.5. The highest BCUT2D eigenvalue weighted by Gasteiger charge is 2.34. The lowest BCUT2D eigenvalue weighted by atomic mass is 9.94. The molecule has 1 amide bonds. The van der Waals surface area contributed by atoms with E-state index in [4.69, 9.17) is 10.5 Å². The minimum absolute atomic E-state index is 0.366. The lowest BCUT2D eigenvalue weighted by Crippen LogP contribution is -2.43. The van der Waals surface area contributed by atoms with Crippen LogP contribution in [0.15, 0.2) is 48.5 Å². The SMILES string of the molecule is COc1ccc(CN2C[C@H]3CC[C@@H](C2)N(Cc2ccc(C(N)=O)cc2)C3)cc1. The van der Waals surface area contributed by atoms with Crippen LogP contribution in [0.3, 0.4) is 0 Å². The van der Waals surface area contributed by atoms with Gasteiger partial charge in [-0.3, -0.25) is 14.6 Å². The Labute approximate surface area is 167 Å². The average molecular weight is 380 g/mol. The summed E-state index contributed by atoms with van der Waals surface area (Å²) in [5.41, 5.74) is 8.52. The molecule has 0 radical (unpaired) electrons. The van der Waals surface area contributed by atoms with Gasteiger partial charge in [-0.15, -0.1) is 0 Å². The van der Waals surface area contributed by atoms with Crippen molar-refractivity contribution in [2.75, 3.05) is 26.7 Å². The van der Waals surface area contributed by atoms with Gasteiger partial charge in [-0.2, -0.15) is 0 Å².